The van der Waals surface area contributed by atoms with Gasteiger partial charge in [-0.25, -0.2) is 0 Å². The van der Waals surface area contributed by atoms with Crippen LogP contribution in [0.15, 0.2) is 12.1 Å². The van der Waals surface area contributed by atoms with Crippen LogP contribution in [-0.2, 0) is 4.74 Å². The van der Waals surface area contributed by atoms with Crippen molar-refractivity contribution in [3.63, 3.8) is 0 Å². The van der Waals surface area contributed by atoms with Crippen LogP contribution in [0.1, 0.15) is 11.1 Å². The second kappa shape index (κ2) is 6.35. The molecule has 1 rings (SSSR count). The molecule has 0 saturated heterocycles. The predicted molar refractivity (Wildman–Crippen MR) is 63.7 cm³/mol. The lowest BCUT2D eigenvalue weighted by molar-refractivity contribution is 0.0702. The number of aliphatic hydroxyl groups is 1. The minimum atomic E-state index is 0.0380. The lowest BCUT2D eigenvalue weighted by Crippen LogP contribution is -2.10. The average Bonchev–Trinajstić information content (AvgIpc) is 2.28. The summed E-state index contributed by atoms with van der Waals surface area (Å²) in [4.78, 5) is 0. The van der Waals surface area contributed by atoms with E-state index in [9.17, 15) is 0 Å². The lowest BCUT2D eigenvalue weighted by Gasteiger charge is -2.13. The van der Waals surface area contributed by atoms with E-state index in [0.717, 1.165) is 22.6 Å². The number of hydrogen-bond donors (Lipinski definition) is 2. The molecule has 0 aliphatic carbocycles. The predicted octanol–water partition coefficient (Wildman–Crippen LogP) is 1.27. The standard InChI is InChI=1S/C12H19NO3/c1-9-3-4-11(13)10(2)12(9)16-8-7-15-6-5-14/h3-4,14H,5-8,13H2,1-2H3. The summed E-state index contributed by atoms with van der Waals surface area (Å²) in [5.41, 5.74) is 8.55. The van der Waals surface area contributed by atoms with Crippen LogP contribution in [0.4, 0.5) is 5.69 Å². The number of aryl methyl sites for hydroxylation is 1. The SMILES string of the molecule is Cc1ccc(N)c(C)c1OCCOCCO. The molecule has 0 aliphatic heterocycles. The molecule has 3 N–H and O–H groups in total. The Kier molecular flexibility index (Phi) is 5.08. The van der Waals surface area contributed by atoms with Crippen LogP contribution in [0.3, 0.4) is 0 Å². The molecule has 1 aromatic rings. The Hall–Kier alpha value is -1.26. The van der Waals surface area contributed by atoms with Crippen LogP contribution < -0.4 is 10.5 Å². The Labute approximate surface area is 96.0 Å². The highest BCUT2D eigenvalue weighted by molar-refractivity contribution is 5.56. The summed E-state index contributed by atoms with van der Waals surface area (Å²) >= 11 is 0. The molecule has 4 nitrogen and oxygen atoms in total. The summed E-state index contributed by atoms with van der Waals surface area (Å²) in [6.07, 6.45) is 0. The molecule has 0 bridgehead atoms. The van der Waals surface area contributed by atoms with Gasteiger partial charge in [-0.15, -0.1) is 0 Å². The third-order valence-electron chi connectivity index (χ3n) is 2.35. The molecule has 0 aliphatic rings. The van der Waals surface area contributed by atoms with E-state index in [4.69, 9.17) is 20.3 Å². The maximum atomic E-state index is 8.52. The van der Waals surface area contributed by atoms with Gasteiger partial charge in [-0.2, -0.15) is 0 Å². The second-order valence-corrected chi connectivity index (χ2v) is 3.61. The van der Waals surface area contributed by atoms with Crippen LogP contribution in [0, 0.1) is 13.8 Å². The number of nitrogen functional groups attached to an aromatic ring is 1. The van der Waals surface area contributed by atoms with Crippen LogP contribution in [0.25, 0.3) is 0 Å². The van der Waals surface area contributed by atoms with Gasteiger partial charge in [-0.05, 0) is 25.5 Å². The molecule has 0 radical (unpaired) electrons. The van der Waals surface area contributed by atoms with E-state index < -0.39 is 0 Å². The number of rotatable bonds is 6. The average molecular weight is 225 g/mol. The summed E-state index contributed by atoms with van der Waals surface area (Å²) in [6.45, 7) is 5.23. The van der Waals surface area contributed by atoms with Gasteiger partial charge in [0.2, 0.25) is 0 Å². The zero-order valence-corrected chi connectivity index (χ0v) is 9.82. The molecule has 0 atom stereocenters. The molecular formula is C12H19NO3. The van der Waals surface area contributed by atoms with E-state index in [1.165, 1.54) is 0 Å². The van der Waals surface area contributed by atoms with Gasteiger partial charge in [0.25, 0.3) is 0 Å². The van der Waals surface area contributed by atoms with Crippen molar-refractivity contribution in [2.45, 2.75) is 13.8 Å². The molecule has 0 fully saturated rings. The summed E-state index contributed by atoms with van der Waals surface area (Å²) in [5, 5.41) is 8.52. The highest BCUT2D eigenvalue weighted by Gasteiger charge is 2.06. The van der Waals surface area contributed by atoms with Crippen molar-refractivity contribution in [3.05, 3.63) is 23.3 Å². The fourth-order valence-electron chi connectivity index (χ4n) is 1.43. The Balaban J connectivity index is 2.50. The van der Waals surface area contributed by atoms with Crippen LogP contribution in [0.2, 0.25) is 0 Å². The Bertz CT molecular complexity index is 339. The maximum absolute atomic E-state index is 8.52. The van der Waals surface area contributed by atoms with E-state index in [2.05, 4.69) is 0 Å². The van der Waals surface area contributed by atoms with Gasteiger partial charge < -0.3 is 20.3 Å². The number of anilines is 1. The third kappa shape index (κ3) is 3.40. The van der Waals surface area contributed by atoms with Crippen LogP contribution >= 0.6 is 0 Å². The minimum Gasteiger partial charge on any atom is -0.491 e. The van der Waals surface area contributed by atoms with Crippen molar-refractivity contribution in [1.82, 2.24) is 0 Å². The fourth-order valence-corrected chi connectivity index (χ4v) is 1.43. The van der Waals surface area contributed by atoms with Crippen molar-refractivity contribution in [2.24, 2.45) is 0 Å². The van der Waals surface area contributed by atoms with Gasteiger partial charge in [0.05, 0.1) is 19.8 Å². The summed E-state index contributed by atoms with van der Waals surface area (Å²) in [5.74, 6) is 0.826. The first kappa shape index (κ1) is 12.8. The Morgan fingerprint density at radius 3 is 2.62 bits per heavy atom. The molecule has 90 valence electrons. The summed E-state index contributed by atoms with van der Waals surface area (Å²) in [7, 11) is 0. The zero-order chi connectivity index (χ0) is 12.0. The molecule has 1 aromatic carbocycles. The van der Waals surface area contributed by atoms with E-state index >= 15 is 0 Å². The second-order valence-electron chi connectivity index (χ2n) is 3.61. The van der Waals surface area contributed by atoms with Crippen molar-refractivity contribution in [3.8, 4) is 5.75 Å². The number of hydrogen-bond acceptors (Lipinski definition) is 4. The number of ether oxygens (including phenoxy) is 2. The highest BCUT2D eigenvalue weighted by atomic mass is 16.5. The van der Waals surface area contributed by atoms with Crippen LogP contribution in [-0.4, -0.2) is 31.5 Å². The van der Waals surface area contributed by atoms with Gasteiger partial charge in [0.15, 0.2) is 0 Å². The lowest BCUT2D eigenvalue weighted by atomic mass is 10.1. The molecule has 4 heteroatoms. The Morgan fingerprint density at radius 2 is 1.94 bits per heavy atom. The number of aliphatic hydroxyl groups excluding tert-OH is 1. The molecule has 0 spiro atoms. The quantitative estimate of drug-likeness (QED) is 0.565. The monoisotopic (exact) mass is 225 g/mol. The van der Waals surface area contributed by atoms with Crippen molar-refractivity contribution in [1.29, 1.82) is 0 Å². The van der Waals surface area contributed by atoms with Gasteiger partial charge in [0, 0.05) is 11.3 Å². The topological polar surface area (TPSA) is 64.7 Å². The summed E-state index contributed by atoms with van der Waals surface area (Å²) in [6, 6.07) is 3.81. The maximum Gasteiger partial charge on any atom is 0.127 e. The number of benzene rings is 1. The Morgan fingerprint density at radius 1 is 1.19 bits per heavy atom. The van der Waals surface area contributed by atoms with E-state index in [0.29, 0.717) is 19.8 Å². The molecule has 0 aromatic heterocycles. The molecule has 0 heterocycles. The van der Waals surface area contributed by atoms with E-state index in [1.807, 2.05) is 26.0 Å². The largest absolute Gasteiger partial charge is 0.491 e. The van der Waals surface area contributed by atoms with Gasteiger partial charge in [0.1, 0.15) is 12.4 Å². The first-order chi connectivity index (χ1) is 7.66. The highest BCUT2D eigenvalue weighted by Crippen LogP contribution is 2.27. The molecular weight excluding hydrogens is 206 g/mol. The fraction of sp³-hybridized carbons (Fsp3) is 0.500. The first-order valence-electron chi connectivity index (χ1n) is 5.34. The minimum absolute atomic E-state index is 0.0380. The molecule has 0 unspecified atom stereocenters. The third-order valence-corrected chi connectivity index (χ3v) is 2.35. The van der Waals surface area contributed by atoms with Gasteiger partial charge in [-0.3, -0.25) is 0 Å². The van der Waals surface area contributed by atoms with Crippen LogP contribution in [0.5, 0.6) is 5.75 Å². The molecule has 0 saturated carbocycles. The number of nitrogens with two attached hydrogens (primary N) is 1. The van der Waals surface area contributed by atoms with Crippen molar-refractivity contribution >= 4 is 5.69 Å². The van der Waals surface area contributed by atoms with E-state index in [-0.39, 0.29) is 6.61 Å². The zero-order valence-electron chi connectivity index (χ0n) is 9.82. The smallest absolute Gasteiger partial charge is 0.127 e. The summed E-state index contributed by atoms with van der Waals surface area (Å²) < 4.78 is 10.7. The van der Waals surface area contributed by atoms with Gasteiger partial charge in [-0.1, -0.05) is 6.07 Å². The van der Waals surface area contributed by atoms with Crippen molar-refractivity contribution < 1.29 is 14.6 Å². The van der Waals surface area contributed by atoms with Crippen molar-refractivity contribution in [2.75, 3.05) is 32.2 Å². The normalized spacial score (nSPS) is 10.4. The van der Waals surface area contributed by atoms with E-state index in [1.54, 1.807) is 0 Å². The molecule has 16 heavy (non-hydrogen) atoms. The van der Waals surface area contributed by atoms with Gasteiger partial charge >= 0.3 is 0 Å². The molecule has 0 amide bonds. The first-order valence-corrected chi connectivity index (χ1v) is 5.34.